The van der Waals surface area contributed by atoms with E-state index in [0.717, 1.165) is 21.6 Å². The molecule has 7 heteroatoms. The molecule has 3 aromatic rings. The Kier molecular flexibility index (Phi) is 6.02. The molecule has 2 N–H and O–H groups in total. The van der Waals surface area contributed by atoms with Crippen molar-refractivity contribution < 1.29 is 14.3 Å². The van der Waals surface area contributed by atoms with Crippen LogP contribution in [0.3, 0.4) is 0 Å². The molecule has 5 nitrogen and oxygen atoms in total. The molecule has 2 amide bonds. The van der Waals surface area contributed by atoms with E-state index in [9.17, 15) is 9.59 Å². The van der Waals surface area contributed by atoms with Crippen LogP contribution in [-0.4, -0.2) is 19.1 Å². The fraction of sp³-hybridized carbons (Fsp3) is 0.143. The van der Waals surface area contributed by atoms with Crippen LogP contribution >= 0.6 is 22.9 Å². The Balaban J connectivity index is 1.93. The number of esters is 1. The van der Waals surface area contributed by atoms with E-state index >= 15 is 0 Å². The first-order valence-electron chi connectivity index (χ1n) is 8.51. The molecule has 0 bridgehead atoms. The number of hydrogen-bond acceptors (Lipinski definition) is 4. The summed E-state index contributed by atoms with van der Waals surface area (Å²) >= 11 is 7.19. The molecule has 0 radical (unpaired) electrons. The SMILES string of the molecule is COC(=O)c1c(NC(=O)Nc2ccc(Cl)cc2)sc(C)c1-c1ccc(C)cc1. The minimum absolute atomic E-state index is 0.347. The van der Waals surface area contributed by atoms with Crippen LogP contribution in [0.1, 0.15) is 20.8 Å². The van der Waals surface area contributed by atoms with Gasteiger partial charge in [-0.1, -0.05) is 41.4 Å². The van der Waals surface area contributed by atoms with Gasteiger partial charge in [0.1, 0.15) is 10.6 Å². The van der Waals surface area contributed by atoms with Gasteiger partial charge in [-0.3, -0.25) is 5.32 Å². The van der Waals surface area contributed by atoms with Crippen molar-refractivity contribution >= 4 is 45.6 Å². The normalized spacial score (nSPS) is 10.4. The monoisotopic (exact) mass is 414 g/mol. The minimum atomic E-state index is -0.498. The molecule has 3 rings (SSSR count). The highest BCUT2D eigenvalue weighted by atomic mass is 35.5. The average molecular weight is 415 g/mol. The summed E-state index contributed by atoms with van der Waals surface area (Å²) in [6, 6.07) is 14.2. The average Bonchev–Trinajstić information content (AvgIpc) is 2.99. The Labute approximate surface area is 172 Å². The van der Waals surface area contributed by atoms with Crippen LogP contribution in [-0.2, 0) is 4.74 Å². The van der Waals surface area contributed by atoms with Crippen molar-refractivity contribution in [1.29, 1.82) is 0 Å². The molecular formula is C21H19ClN2O3S. The van der Waals surface area contributed by atoms with Crippen molar-refractivity contribution in [2.24, 2.45) is 0 Å². The number of urea groups is 1. The summed E-state index contributed by atoms with van der Waals surface area (Å²) in [5.74, 6) is -0.498. The molecule has 0 saturated carbocycles. The molecular weight excluding hydrogens is 396 g/mol. The molecule has 0 fully saturated rings. The second-order valence-corrected chi connectivity index (χ2v) is 7.84. The van der Waals surface area contributed by atoms with Crippen LogP contribution in [0.15, 0.2) is 48.5 Å². The molecule has 0 spiro atoms. The van der Waals surface area contributed by atoms with Crippen LogP contribution < -0.4 is 10.6 Å². The third kappa shape index (κ3) is 4.35. The fourth-order valence-electron chi connectivity index (χ4n) is 2.80. The first-order valence-corrected chi connectivity index (χ1v) is 9.71. The van der Waals surface area contributed by atoms with Gasteiger partial charge in [0.2, 0.25) is 0 Å². The second-order valence-electron chi connectivity index (χ2n) is 6.18. The summed E-state index contributed by atoms with van der Waals surface area (Å²) in [5.41, 5.74) is 3.72. The number of halogens is 1. The van der Waals surface area contributed by atoms with Gasteiger partial charge >= 0.3 is 12.0 Å². The smallest absolute Gasteiger partial charge is 0.341 e. The molecule has 1 aromatic heterocycles. The number of nitrogens with one attached hydrogen (secondary N) is 2. The van der Waals surface area contributed by atoms with E-state index in [-0.39, 0.29) is 0 Å². The van der Waals surface area contributed by atoms with Gasteiger partial charge in [0.25, 0.3) is 0 Å². The van der Waals surface area contributed by atoms with Crippen molar-refractivity contribution in [1.82, 2.24) is 0 Å². The molecule has 0 aliphatic carbocycles. The van der Waals surface area contributed by atoms with Crippen LogP contribution in [0.4, 0.5) is 15.5 Å². The Morgan fingerprint density at radius 3 is 2.21 bits per heavy atom. The lowest BCUT2D eigenvalue weighted by Gasteiger charge is -2.09. The van der Waals surface area contributed by atoms with E-state index in [1.54, 1.807) is 24.3 Å². The zero-order valence-electron chi connectivity index (χ0n) is 15.6. The first-order chi connectivity index (χ1) is 13.4. The van der Waals surface area contributed by atoms with E-state index in [1.807, 2.05) is 38.1 Å². The highest BCUT2D eigenvalue weighted by Crippen LogP contribution is 2.40. The summed E-state index contributed by atoms with van der Waals surface area (Å²) in [7, 11) is 1.33. The second kappa shape index (κ2) is 8.46. The Morgan fingerprint density at radius 1 is 0.964 bits per heavy atom. The summed E-state index contributed by atoms with van der Waals surface area (Å²) in [5, 5.41) is 6.51. The summed E-state index contributed by atoms with van der Waals surface area (Å²) in [4.78, 5) is 25.8. The number of anilines is 2. The quantitative estimate of drug-likeness (QED) is 0.505. The lowest BCUT2D eigenvalue weighted by Crippen LogP contribution is -2.20. The van der Waals surface area contributed by atoms with E-state index in [1.165, 1.54) is 18.4 Å². The number of rotatable bonds is 4. The van der Waals surface area contributed by atoms with E-state index in [0.29, 0.717) is 21.3 Å². The first kappa shape index (κ1) is 19.9. The van der Waals surface area contributed by atoms with Gasteiger partial charge in [-0.05, 0) is 43.7 Å². The number of hydrogen-bond donors (Lipinski definition) is 2. The van der Waals surface area contributed by atoms with Crippen LogP contribution in [0.5, 0.6) is 0 Å². The molecule has 2 aromatic carbocycles. The zero-order valence-corrected chi connectivity index (χ0v) is 17.2. The third-order valence-corrected chi connectivity index (χ3v) is 5.42. The predicted octanol–water partition coefficient (Wildman–Crippen LogP) is 6.12. The number of ether oxygens (including phenoxy) is 1. The summed E-state index contributed by atoms with van der Waals surface area (Å²) in [6.45, 7) is 3.91. The number of aryl methyl sites for hydroxylation is 2. The van der Waals surface area contributed by atoms with E-state index < -0.39 is 12.0 Å². The van der Waals surface area contributed by atoms with Gasteiger partial charge in [-0.2, -0.15) is 0 Å². The molecule has 1 heterocycles. The van der Waals surface area contributed by atoms with Crippen molar-refractivity contribution in [2.45, 2.75) is 13.8 Å². The van der Waals surface area contributed by atoms with Gasteiger partial charge in [-0.15, -0.1) is 11.3 Å². The standard InChI is InChI=1S/C21H19ClN2O3S/c1-12-4-6-14(7-5-12)17-13(2)28-19(18(17)20(25)27-3)24-21(26)23-16-10-8-15(22)9-11-16/h4-11H,1-3H3,(H2,23,24,26). The Morgan fingerprint density at radius 2 is 1.61 bits per heavy atom. The van der Waals surface area contributed by atoms with Gasteiger partial charge in [0, 0.05) is 21.2 Å². The largest absolute Gasteiger partial charge is 0.465 e. The van der Waals surface area contributed by atoms with Crippen LogP contribution in [0, 0.1) is 13.8 Å². The lowest BCUT2D eigenvalue weighted by atomic mass is 10.0. The van der Waals surface area contributed by atoms with Crippen molar-refractivity contribution in [3.8, 4) is 11.1 Å². The molecule has 28 heavy (non-hydrogen) atoms. The predicted molar refractivity (Wildman–Crippen MR) is 115 cm³/mol. The Bertz CT molecular complexity index is 1010. The molecule has 0 atom stereocenters. The number of benzene rings is 2. The molecule has 144 valence electrons. The summed E-state index contributed by atoms with van der Waals surface area (Å²) < 4.78 is 4.97. The number of thiophene rings is 1. The van der Waals surface area contributed by atoms with Gasteiger partial charge in [-0.25, -0.2) is 9.59 Å². The number of amides is 2. The van der Waals surface area contributed by atoms with E-state index in [2.05, 4.69) is 10.6 Å². The Hall–Kier alpha value is -2.83. The maximum Gasteiger partial charge on any atom is 0.341 e. The van der Waals surface area contributed by atoms with Gasteiger partial charge in [0.15, 0.2) is 0 Å². The van der Waals surface area contributed by atoms with Gasteiger partial charge in [0.05, 0.1) is 7.11 Å². The molecule has 0 saturated heterocycles. The van der Waals surface area contributed by atoms with Crippen LogP contribution in [0.25, 0.3) is 11.1 Å². The fourth-order valence-corrected chi connectivity index (χ4v) is 3.98. The number of carbonyl (C=O) groups is 2. The third-order valence-electron chi connectivity index (χ3n) is 4.14. The lowest BCUT2D eigenvalue weighted by molar-refractivity contribution is 0.0603. The van der Waals surface area contributed by atoms with Crippen molar-refractivity contribution in [2.75, 3.05) is 17.7 Å². The highest BCUT2D eigenvalue weighted by Gasteiger charge is 2.25. The maximum atomic E-state index is 12.5. The van der Waals surface area contributed by atoms with E-state index in [4.69, 9.17) is 16.3 Å². The molecule has 0 unspecified atom stereocenters. The minimum Gasteiger partial charge on any atom is -0.465 e. The van der Waals surface area contributed by atoms with Crippen molar-refractivity contribution in [3.63, 3.8) is 0 Å². The zero-order chi connectivity index (χ0) is 20.3. The molecule has 0 aliphatic rings. The number of carbonyl (C=O) groups excluding carboxylic acids is 2. The van der Waals surface area contributed by atoms with Gasteiger partial charge < -0.3 is 10.1 Å². The highest BCUT2D eigenvalue weighted by molar-refractivity contribution is 7.17. The van der Waals surface area contributed by atoms with Crippen LogP contribution in [0.2, 0.25) is 5.02 Å². The number of methoxy groups -OCH3 is 1. The molecule has 0 aliphatic heterocycles. The topological polar surface area (TPSA) is 67.4 Å². The van der Waals surface area contributed by atoms with Crippen molar-refractivity contribution in [3.05, 3.63) is 69.6 Å². The summed E-state index contributed by atoms with van der Waals surface area (Å²) in [6.07, 6.45) is 0. The maximum absolute atomic E-state index is 12.5.